The lowest BCUT2D eigenvalue weighted by molar-refractivity contribution is 0.0970. The Balaban J connectivity index is 1.85. The molecule has 1 aliphatic carbocycles. The van der Waals surface area contributed by atoms with Crippen molar-refractivity contribution in [2.75, 3.05) is 0 Å². The Morgan fingerprint density at radius 3 is 2.67 bits per heavy atom. The Bertz CT molecular complexity index is 828. The molecule has 2 aromatic rings. The Hall–Kier alpha value is -1.46. The largest absolute Gasteiger partial charge is 0.488 e. The number of Topliss-reactive ketones (excluding diaryl/α,β-unsaturated/α-hetero) is 2. The SMILES string of the molecule is CC(=O)c1ccc(Br)c(COc2cc3c(cc2Br)CCCC3=O)c1. The smallest absolute Gasteiger partial charge is 0.163 e. The minimum absolute atomic E-state index is 0.0179. The van der Waals surface area contributed by atoms with Gasteiger partial charge >= 0.3 is 0 Å². The molecule has 0 radical (unpaired) electrons. The van der Waals surface area contributed by atoms with Crippen LogP contribution in [0.4, 0.5) is 0 Å². The predicted octanol–water partition coefficient (Wildman–Crippen LogP) is 5.51. The summed E-state index contributed by atoms with van der Waals surface area (Å²) in [5, 5.41) is 0. The van der Waals surface area contributed by atoms with E-state index in [4.69, 9.17) is 4.74 Å². The molecule has 0 unspecified atom stereocenters. The van der Waals surface area contributed by atoms with Crippen LogP contribution < -0.4 is 4.74 Å². The number of hydrogen-bond donors (Lipinski definition) is 0. The third-order valence-corrected chi connectivity index (χ3v) is 5.54. The van der Waals surface area contributed by atoms with Crippen LogP contribution in [0.15, 0.2) is 39.3 Å². The molecule has 0 amide bonds. The number of ketones is 2. The van der Waals surface area contributed by atoms with Gasteiger partial charge in [-0.3, -0.25) is 9.59 Å². The van der Waals surface area contributed by atoms with Crippen LogP contribution in [-0.4, -0.2) is 11.6 Å². The minimum atomic E-state index is 0.0179. The molecule has 24 heavy (non-hydrogen) atoms. The number of hydrogen-bond acceptors (Lipinski definition) is 3. The van der Waals surface area contributed by atoms with Crippen molar-refractivity contribution in [2.45, 2.75) is 32.8 Å². The van der Waals surface area contributed by atoms with Crippen LogP contribution >= 0.6 is 31.9 Å². The summed E-state index contributed by atoms with van der Waals surface area (Å²) in [4.78, 5) is 23.6. The van der Waals surface area contributed by atoms with Gasteiger partial charge in [-0.1, -0.05) is 22.0 Å². The van der Waals surface area contributed by atoms with Gasteiger partial charge < -0.3 is 4.74 Å². The van der Waals surface area contributed by atoms with Crippen molar-refractivity contribution in [3.63, 3.8) is 0 Å². The molecule has 0 aromatic heterocycles. The van der Waals surface area contributed by atoms with Gasteiger partial charge in [0.2, 0.25) is 0 Å². The van der Waals surface area contributed by atoms with Crippen LogP contribution in [-0.2, 0) is 13.0 Å². The van der Waals surface area contributed by atoms with Crippen LogP contribution in [0.2, 0.25) is 0 Å². The van der Waals surface area contributed by atoms with Crippen molar-refractivity contribution in [1.82, 2.24) is 0 Å². The van der Waals surface area contributed by atoms with Crippen molar-refractivity contribution in [3.8, 4) is 5.75 Å². The maximum absolute atomic E-state index is 12.1. The second-order valence-electron chi connectivity index (χ2n) is 5.87. The summed E-state index contributed by atoms with van der Waals surface area (Å²) >= 11 is 7.01. The van der Waals surface area contributed by atoms with Crippen LogP contribution in [0, 0.1) is 0 Å². The number of fused-ring (bicyclic) bond motifs is 1. The van der Waals surface area contributed by atoms with Crippen molar-refractivity contribution >= 4 is 43.4 Å². The van der Waals surface area contributed by atoms with E-state index in [0.29, 0.717) is 24.3 Å². The van der Waals surface area contributed by atoms with Crippen molar-refractivity contribution in [2.24, 2.45) is 0 Å². The lowest BCUT2D eigenvalue weighted by Gasteiger charge is -2.18. The third kappa shape index (κ3) is 3.62. The van der Waals surface area contributed by atoms with Crippen LogP contribution in [0.5, 0.6) is 5.75 Å². The van der Waals surface area contributed by atoms with Gasteiger partial charge in [-0.15, -0.1) is 0 Å². The fourth-order valence-electron chi connectivity index (χ4n) is 2.81. The molecule has 0 bridgehead atoms. The van der Waals surface area contributed by atoms with Gasteiger partial charge in [-0.25, -0.2) is 0 Å². The normalized spacial score (nSPS) is 13.5. The zero-order valence-electron chi connectivity index (χ0n) is 13.2. The molecule has 0 saturated heterocycles. The van der Waals surface area contributed by atoms with E-state index in [0.717, 1.165) is 38.5 Å². The number of halogens is 2. The lowest BCUT2D eigenvalue weighted by Crippen LogP contribution is -2.11. The Morgan fingerprint density at radius 1 is 1.12 bits per heavy atom. The molecular formula is C19H16Br2O3. The van der Waals surface area contributed by atoms with Gasteiger partial charge in [0.15, 0.2) is 11.6 Å². The highest BCUT2D eigenvalue weighted by atomic mass is 79.9. The number of carbonyl (C=O) groups is 2. The van der Waals surface area contributed by atoms with Crippen LogP contribution in [0.25, 0.3) is 0 Å². The Morgan fingerprint density at radius 2 is 1.92 bits per heavy atom. The average molecular weight is 452 g/mol. The maximum Gasteiger partial charge on any atom is 0.163 e. The molecule has 124 valence electrons. The fraction of sp³-hybridized carbons (Fsp3) is 0.263. The summed E-state index contributed by atoms with van der Waals surface area (Å²) in [6.45, 7) is 1.85. The first-order valence-corrected chi connectivity index (χ1v) is 9.32. The first-order chi connectivity index (χ1) is 11.5. The molecule has 3 rings (SSSR count). The quantitative estimate of drug-likeness (QED) is 0.575. The van der Waals surface area contributed by atoms with E-state index < -0.39 is 0 Å². The second-order valence-corrected chi connectivity index (χ2v) is 7.58. The summed E-state index contributed by atoms with van der Waals surface area (Å²) in [5.74, 6) is 0.835. The Kier molecular flexibility index (Phi) is 5.21. The van der Waals surface area contributed by atoms with Crippen LogP contribution in [0.1, 0.15) is 51.6 Å². The number of benzene rings is 2. The van der Waals surface area contributed by atoms with Gasteiger partial charge in [0.25, 0.3) is 0 Å². The molecule has 0 heterocycles. The van der Waals surface area contributed by atoms with Gasteiger partial charge in [-0.2, -0.15) is 0 Å². The molecule has 0 aliphatic heterocycles. The van der Waals surface area contributed by atoms with Gasteiger partial charge in [0, 0.05) is 27.6 Å². The number of ether oxygens (including phenoxy) is 1. The molecule has 0 fully saturated rings. The summed E-state index contributed by atoms with van der Waals surface area (Å²) in [6, 6.07) is 9.25. The van der Waals surface area contributed by atoms with Crippen molar-refractivity contribution in [1.29, 1.82) is 0 Å². The first kappa shape index (κ1) is 17.4. The molecular weight excluding hydrogens is 436 g/mol. The monoisotopic (exact) mass is 450 g/mol. The van der Waals surface area contributed by atoms with E-state index in [9.17, 15) is 9.59 Å². The summed E-state index contributed by atoms with van der Waals surface area (Å²) in [5.41, 5.74) is 3.37. The third-order valence-electron chi connectivity index (χ3n) is 4.14. The molecule has 0 N–H and O–H groups in total. The first-order valence-electron chi connectivity index (χ1n) is 7.73. The highest BCUT2D eigenvalue weighted by Crippen LogP contribution is 2.33. The highest BCUT2D eigenvalue weighted by Gasteiger charge is 2.19. The van der Waals surface area contributed by atoms with Gasteiger partial charge in [0.1, 0.15) is 12.4 Å². The lowest BCUT2D eigenvalue weighted by atomic mass is 9.90. The van der Waals surface area contributed by atoms with E-state index in [1.165, 1.54) is 0 Å². The van der Waals surface area contributed by atoms with E-state index in [2.05, 4.69) is 31.9 Å². The maximum atomic E-state index is 12.1. The van der Waals surface area contributed by atoms with Gasteiger partial charge in [-0.05, 0) is 65.5 Å². The second kappa shape index (κ2) is 7.19. The minimum Gasteiger partial charge on any atom is -0.488 e. The van der Waals surface area contributed by atoms with E-state index in [1.54, 1.807) is 13.0 Å². The van der Waals surface area contributed by atoms with E-state index in [-0.39, 0.29) is 11.6 Å². The molecule has 3 nitrogen and oxygen atoms in total. The molecule has 0 atom stereocenters. The highest BCUT2D eigenvalue weighted by molar-refractivity contribution is 9.10. The summed E-state index contributed by atoms with van der Waals surface area (Å²) in [7, 11) is 0. The molecule has 0 spiro atoms. The summed E-state index contributed by atoms with van der Waals surface area (Å²) < 4.78 is 7.64. The number of carbonyl (C=O) groups excluding carboxylic acids is 2. The zero-order chi connectivity index (χ0) is 17.3. The summed E-state index contributed by atoms with van der Waals surface area (Å²) in [6.07, 6.45) is 2.43. The molecule has 1 aliphatic rings. The average Bonchev–Trinajstić information content (AvgIpc) is 2.54. The topological polar surface area (TPSA) is 43.4 Å². The molecule has 0 saturated carbocycles. The zero-order valence-corrected chi connectivity index (χ0v) is 16.4. The van der Waals surface area contributed by atoms with E-state index >= 15 is 0 Å². The molecule has 2 aromatic carbocycles. The van der Waals surface area contributed by atoms with E-state index in [1.807, 2.05) is 24.3 Å². The number of rotatable bonds is 4. The Labute approximate surface area is 157 Å². The predicted molar refractivity (Wildman–Crippen MR) is 99.9 cm³/mol. The standard InChI is InChI=1S/C19H16Br2O3/c1-11(22)12-5-6-16(20)14(7-12)10-24-19-9-15-13(8-17(19)21)3-2-4-18(15)23/h5-9H,2-4,10H2,1H3. The van der Waals surface area contributed by atoms with Gasteiger partial charge in [0.05, 0.1) is 4.47 Å². The van der Waals surface area contributed by atoms with Crippen molar-refractivity contribution in [3.05, 3.63) is 61.5 Å². The fourth-order valence-corrected chi connectivity index (χ4v) is 3.67. The molecule has 5 heteroatoms. The number of aryl methyl sites for hydroxylation is 1. The van der Waals surface area contributed by atoms with Crippen LogP contribution in [0.3, 0.4) is 0 Å². The van der Waals surface area contributed by atoms with Crippen molar-refractivity contribution < 1.29 is 14.3 Å².